The molecule has 2 heterocycles. The lowest BCUT2D eigenvalue weighted by atomic mass is 10.1. The predicted molar refractivity (Wildman–Crippen MR) is 89.7 cm³/mol. The first-order valence-electron chi connectivity index (χ1n) is 6.35. The summed E-state index contributed by atoms with van der Waals surface area (Å²) < 4.78 is 2.26. The fourth-order valence-corrected chi connectivity index (χ4v) is 5.38. The summed E-state index contributed by atoms with van der Waals surface area (Å²) in [7, 11) is 3.72. The average Bonchev–Trinajstić information content (AvgIpc) is 2.57. The summed E-state index contributed by atoms with van der Waals surface area (Å²) in [5.41, 5.74) is 1.08. The summed E-state index contributed by atoms with van der Waals surface area (Å²) in [6.07, 6.45) is 3.07. The first-order valence-corrected chi connectivity index (χ1v) is 8.91. The number of hydrogen-bond donors (Lipinski definition) is 1. The van der Waals surface area contributed by atoms with E-state index in [1.807, 2.05) is 32.9 Å². The van der Waals surface area contributed by atoms with Gasteiger partial charge >= 0.3 is 0 Å². The van der Waals surface area contributed by atoms with Crippen LogP contribution in [0.5, 0.6) is 0 Å². The highest BCUT2D eigenvalue weighted by Crippen LogP contribution is 2.35. The second kappa shape index (κ2) is 5.19. The molecule has 0 aliphatic heterocycles. The lowest BCUT2D eigenvalue weighted by Crippen LogP contribution is -1.90. The fraction of sp³-hybridized carbons (Fsp3) is 0.267. The summed E-state index contributed by atoms with van der Waals surface area (Å²) >= 11 is 5.63. The lowest BCUT2D eigenvalue weighted by molar-refractivity contribution is 0.654. The average molecular weight is 305 g/mol. The predicted octanol–water partition coefficient (Wildman–Crippen LogP) is 5.93. The Bertz CT molecular complexity index is 805. The standard InChI is InChI=1S/C15H15NS3/c1-9(2)7-10-8-12-14(17)13-11(15(12)19-18-10)5-3-4-6-16-13/h3-6,8-9,16H,7H2,1-2H3. The van der Waals surface area contributed by atoms with Crippen LogP contribution < -0.4 is 0 Å². The highest BCUT2D eigenvalue weighted by atomic mass is 32.9. The van der Waals surface area contributed by atoms with Gasteiger partial charge in [0.1, 0.15) is 0 Å². The fourth-order valence-electron chi connectivity index (χ4n) is 2.26. The number of hydrogen-bond acceptors (Lipinski definition) is 3. The second-order valence-electron chi connectivity index (χ2n) is 5.10. The van der Waals surface area contributed by atoms with Crippen LogP contribution in [0.2, 0.25) is 0 Å². The van der Waals surface area contributed by atoms with Crippen LogP contribution in [0.1, 0.15) is 18.7 Å². The molecule has 2 aromatic heterocycles. The SMILES string of the molecule is CC(C)Cc1cc2c(=S)c3[nH]ccccc3c2ss1. The van der Waals surface area contributed by atoms with Crippen LogP contribution in [0.4, 0.5) is 0 Å². The molecule has 0 saturated carbocycles. The van der Waals surface area contributed by atoms with E-state index in [-0.39, 0.29) is 0 Å². The Labute approximate surface area is 125 Å². The molecule has 0 radical (unpaired) electrons. The van der Waals surface area contributed by atoms with Crippen molar-refractivity contribution in [2.24, 2.45) is 5.92 Å². The quantitative estimate of drug-likeness (QED) is 0.458. The molecule has 0 bridgehead atoms. The van der Waals surface area contributed by atoms with Gasteiger partial charge in [0, 0.05) is 21.8 Å². The number of aromatic nitrogens is 1. The molecule has 0 aliphatic rings. The summed E-state index contributed by atoms with van der Waals surface area (Å²) in [6.45, 7) is 4.51. The smallest absolute Gasteiger partial charge is 0.0706 e. The maximum absolute atomic E-state index is 5.63. The number of fused-ring (bicyclic) bond motifs is 3. The monoisotopic (exact) mass is 305 g/mol. The summed E-state index contributed by atoms with van der Waals surface area (Å²) in [4.78, 5) is 4.74. The van der Waals surface area contributed by atoms with Gasteiger partial charge in [0.25, 0.3) is 0 Å². The molecule has 0 unspecified atom stereocenters. The molecule has 0 spiro atoms. The summed E-state index contributed by atoms with van der Waals surface area (Å²) in [5, 5.41) is 2.47. The second-order valence-corrected chi connectivity index (χ2v) is 7.77. The van der Waals surface area contributed by atoms with E-state index >= 15 is 0 Å². The number of H-pyrrole nitrogens is 1. The molecule has 1 N–H and O–H groups in total. The van der Waals surface area contributed by atoms with Gasteiger partial charge in [-0.05, 0) is 24.5 Å². The van der Waals surface area contributed by atoms with E-state index in [2.05, 4.69) is 37.0 Å². The van der Waals surface area contributed by atoms with E-state index in [1.54, 1.807) is 0 Å². The molecule has 0 amide bonds. The van der Waals surface area contributed by atoms with E-state index in [9.17, 15) is 0 Å². The lowest BCUT2D eigenvalue weighted by Gasteiger charge is -2.03. The van der Waals surface area contributed by atoms with Gasteiger partial charge in [-0.15, -0.1) is 0 Å². The van der Waals surface area contributed by atoms with Gasteiger partial charge in [0.2, 0.25) is 0 Å². The first-order chi connectivity index (χ1) is 9.16. The summed E-state index contributed by atoms with van der Waals surface area (Å²) in [6, 6.07) is 8.50. The van der Waals surface area contributed by atoms with Crippen molar-refractivity contribution in [1.29, 1.82) is 0 Å². The Balaban J connectivity index is 2.34. The third kappa shape index (κ3) is 2.40. The van der Waals surface area contributed by atoms with Gasteiger partial charge in [-0.3, -0.25) is 0 Å². The molecule has 1 aromatic carbocycles. The summed E-state index contributed by atoms with van der Waals surface area (Å²) in [5.74, 6) is 0.684. The number of aromatic amines is 1. The van der Waals surface area contributed by atoms with E-state index in [1.165, 1.54) is 20.3 Å². The molecule has 3 rings (SSSR count). The molecule has 4 heteroatoms. The molecular weight excluding hydrogens is 290 g/mol. The minimum atomic E-state index is 0.684. The van der Waals surface area contributed by atoms with E-state index < -0.39 is 0 Å². The van der Waals surface area contributed by atoms with Crippen LogP contribution in [-0.2, 0) is 6.42 Å². The van der Waals surface area contributed by atoms with Crippen molar-refractivity contribution >= 4 is 53.9 Å². The number of nitrogens with one attached hydrogen (secondary N) is 1. The van der Waals surface area contributed by atoms with Crippen LogP contribution in [0.25, 0.3) is 21.0 Å². The third-order valence-electron chi connectivity index (χ3n) is 3.07. The van der Waals surface area contributed by atoms with Crippen molar-refractivity contribution in [1.82, 2.24) is 4.98 Å². The molecule has 3 aromatic rings. The third-order valence-corrected chi connectivity index (χ3v) is 6.08. The Morgan fingerprint density at radius 1 is 1.21 bits per heavy atom. The molecule has 0 fully saturated rings. The van der Waals surface area contributed by atoms with Crippen molar-refractivity contribution in [3.63, 3.8) is 0 Å². The van der Waals surface area contributed by atoms with Crippen LogP contribution in [0.15, 0.2) is 30.5 Å². The molecule has 1 nitrogen and oxygen atoms in total. The zero-order valence-corrected chi connectivity index (χ0v) is 13.3. The van der Waals surface area contributed by atoms with Gasteiger partial charge in [0.05, 0.1) is 14.7 Å². The zero-order chi connectivity index (χ0) is 13.4. The molecule has 19 heavy (non-hydrogen) atoms. The van der Waals surface area contributed by atoms with Gasteiger partial charge in [0.15, 0.2) is 0 Å². The Morgan fingerprint density at radius 3 is 2.84 bits per heavy atom. The Morgan fingerprint density at radius 2 is 2.05 bits per heavy atom. The van der Waals surface area contributed by atoms with Crippen LogP contribution in [0.3, 0.4) is 0 Å². The molecular formula is C15H15NS3. The molecule has 0 saturated heterocycles. The highest BCUT2D eigenvalue weighted by molar-refractivity contribution is 7.73. The van der Waals surface area contributed by atoms with E-state index in [4.69, 9.17) is 12.2 Å². The van der Waals surface area contributed by atoms with Gasteiger partial charge in [-0.1, -0.05) is 58.9 Å². The largest absolute Gasteiger partial charge is 0.360 e. The Kier molecular flexibility index (Phi) is 3.56. The van der Waals surface area contributed by atoms with Gasteiger partial charge in [-0.2, -0.15) is 0 Å². The van der Waals surface area contributed by atoms with Crippen LogP contribution in [-0.4, -0.2) is 4.98 Å². The van der Waals surface area contributed by atoms with E-state index in [0.717, 1.165) is 16.4 Å². The molecule has 98 valence electrons. The van der Waals surface area contributed by atoms with Crippen molar-refractivity contribution in [2.75, 3.05) is 0 Å². The maximum atomic E-state index is 5.63. The first kappa shape index (κ1) is 13.0. The minimum absolute atomic E-state index is 0.684. The topological polar surface area (TPSA) is 15.8 Å². The van der Waals surface area contributed by atoms with Crippen molar-refractivity contribution in [3.8, 4) is 0 Å². The van der Waals surface area contributed by atoms with Crippen LogP contribution >= 0.6 is 32.9 Å². The van der Waals surface area contributed by atoms with Gasteiger partial charge in [-0.25, -0.2) is 0 Å². The minimum Gasteiger partial charge on any atom is -0.360 e. The number of rotatable bonds is 2. The zero-order valence-electron chi connectivity index (χ0n) is 10.9. The van der Waals surface area contributed by atoms with Gasteiger partial charge < -0.3 is 4.98 Å². The normalized spacial score (nSPS) is 11.5. The maximum Gasteiger partial charge on any atom is 0.0706 e. The molecule has 0 atom stereocenters. The van der Waals surface area contributed by atoms with Crippen molar-refractivity contribution < 1.29 is 0 Å². The highest BCUT2D eigenvalue weighted by Gasteiger charge is 2.09. The van der Waals surface area contributed by atoms with E-state index in [0.29, 0.717) is 5.92 Å². The molecule has 0 aliphatic carbocycles. The Hall–Kier alpha value is -0.970. The van der Waals surface area contributed by atoms with Crippen LogP contribution in [0, 0.1) is 10.4 Å². The van der Waals surface area contributed by atoms with Crippen molar-refractivity contribution in [2.45, 2.75) is 20.3 Å². The van der Waals surface area contributed by atoms with Crippen molar-refractivity contribution in [3.05, 3.63) is 39.8 Å².